The van der Waals surface area contributed by atoms with Crippen molar-refractivity contribution in [3.63, 3.8) is 0 Å². The molecule has 0 aliphatic carbocycles. The molecule has 0 bridgehead atoms. The number of carbonyl (C=O) groups is 1. The summed E-state index contributed by atoms with van der Waals surface area (Å²) in [7, 11) is 0. The molecule has 0 unspecified atom stereocenters. The Kier molecular flexibility index (Phi) is 3.80. The maximum Gasteiger partial charge on any atom is 0.408 e. The first-order valence-corrected chi connectivity index (χ1v) is 6.40. The SMILES string of the molecule is C=C(C)[C@H]1CC[C@@H](c2cc(F)cc(Cl)c2)N1C(=O)O. The highest BCUT2D eigenvalue weighted by Crippen LogP contribution is 2.39. The van der Waals surface area contributed by atoms with Crippen molar-refractivity contribution in [1.29, 1.82) is 0 Å². The molecule has 5 heteroatoms. The lowest BCUT2D eigenvalue weighted by Crippen LogP contribution is -2.36. The van der Waals surface area contributed by atoms with E-state index in [9.17, 15) is 14.3 Å². The highest BCUT2D eigenvalue weighted by Gasteiger charge is 2.38. The first-order valence-electron chi connectivity index (χ1n) is 6.03. The zero-order valence-electron chi connectivity index (χ0n) is 10.6. The summed E-state index contributed by atoms with van der Waals surface area (Å²) >= 11 is 5.83. The van der Waals surface area contributed by atoms with E-state index in [4.69, 9.17) is 11.6 Å². The van der Waals surface area contributed by atoms with Gasteiger partial charge in [-0.2, -0.15) is 0 Å². The van der Waals surface area contributed by atoms with Crippen molar-refractivity contribution in [2.45, 2.75) is 31.8 Å². The van der Waals surface area contributed by atoms with Crippen molar-refractivity contribution in [1.82, 2.24) is 4.90 Å². The topological polar surface area (TPSA) is 40.5 Å². The number of nitrogens with zero attached hydrogens (tertiary/aromatic N) is 1. The molecular formula is C14H15ClFNO2. The second kappa shape index (κ2) is 5.21. The van der Waals surface area contributed by atoms with Crippen LogP contribution in [0.4, 0.5) is 9.18 Å². The van der Waals surface area contributed by atoms with Crippen LogP contribution < -0.4 is 0 Å². The number of benzene rings is 1. The number of amides is 1. The maximum atomic E-state index is 13.4. The van der Waals surface area contributed by atoms with Crippen molar-refractivity contribution in [2.75, 3.05) is 0 Å². The van der Waals surface area contributed by atoms with E-state index in [0.29, 0.717) is 18.4 Å². The van der Waals surface area contributed by atoms with Gasteiger partial charge in [0.05, 0.1) is 12.1 Å². The summed E-state index contributed by atoms with van der Waals surface area (Å²) in [5.41, 5.74) is 1.39. The summed E-state index contributed by atoms with van der Waals surface area (Å²) in [4.78, 5) is 12.8. The van der Waals surface area contributed by atoms with Gasteiger partial charge < -0.3 is 5.11 Å². The fourth-order valence-corrected chi connectivity index (χ4v) is 2.89. The Morgan fingerprint density at radius 1 is 1.47 bits per heavy atom. The van der Waals surface area contributed by atoms with Gasteiger partial charge in [0.2, 0.25) is 0 Å². The first-order chi connectivity index (χ1) is 8.90. The molecule has 1 aromatic carbocycles. The lowest BCUT2D eigenvalue weighted by Gasteiger charge is -2.28. The Bertz CT molecular complexity index is 512. The largest absolute Gasteiger partial charge is 0.465 e. The number of halogens is 2. The minimum absolute atomic E-state index is 0.218. The Morgan fingerprint density at radius 2 is 2.16 bits per heavy atom. The van der Waals surface area contributed by atoms with Crippen molar-refractivity contribution < 1.29 is 14.3 Å². The molecule has 102 valence electrons. The summed E-state index contributed by atoms with van der Waals surface area (Å²) in [6.07, 6.45) is 0.320. The molecule has 2 rings (SSSR count). The average molecular weight is 284 g/mol. The molecular weight excluding hydrogens is 269 g/mol. The summed E-state index contributed by atoms with van der Waals surface area (Å²) in [5.74, 6) is -0.452. The van der Waals surface area contributed by atoms with Gasteiger partial charge in [0.1, 0.15) is 5.82 Å². The van der Waals surface area contributed by atoms with Crippen LogP contribution in [-0.2, 0) is 0 Å². The molecule has 1 aliphatic rings. The number of rotatable bonds is 2. The minimum atomic E-state index is -1.02. The van der Waals surface area contributed by atoms with Crippen molar-refractivity contribution in [3.8, 4) is 0 Å². The van der Waals surface area contributed by atoms with Crippen LogP contribution in [0.1, 0.15) is 31.4 Å². The molecule has 1 amide bonds. The third-order valence-electron chi connectivity index (χ3n) is 3.44. The first kappa shape index (κ1) is 13.9. The average Bonchev–Trinajstić information content (AvgIpc) is 2.71. The van der Waals surface area contributed by atoms with Gasteiger partial charge in [-0.1, -0.05) is 23.8 Å². The van der Waals surface area contributed by atoms with E-state index >= 15 is 0 Å². The smallest absolute Gasteiger partial charge is 0.408 e. The van der Waals surface area contributed by atoms with Crippen LogP contribution >= 0.6 is 11.6 Å². The Labute approximate surface area is 116 Å². The van der Waals surface area contributed by atoms with Crippen LogP contribution in [-0.4, -0.2) is 22.1 Å². The molecule has 1 aliphatic heterocycles. The number of likely N-dealkylation sites (tertiary alicyclic amines) is 1. The van der Waals surface area contributed by atoms with Gasteiger partial charge in [-0.3, -0.25) is 4.90 Å². The zero-order valence-corrected chi connectivity index (χ0v) is 11.3. The van der Waals surface area contributed by atoms with Crippen molar-refractivity contribution in [3.05, 3.63) is 46.8 Å². The molecule has 1 heterocycles. The highest BCUT2D eigenvalue weighted by molar-refractivity contribution is 6.30. The van der Waals surface area contributed by atoms with E-state index in [-0.39, 0.29) is 17.1 Å². The van der Waals surface area contributed by atoms with Crippen LogP contribution in [0, 0.1) is 5.82 Å². The molecule has 3 nitrogen and oxygen atoms in total. The van der Waals surface area contributed by atoms with Crippen LogP contribution in [0.3, 0.4) is 0 Å². The molecule has 2 atom stereocenters. The van der Waals surface area contributed by atoms with Crippen LogP contribution in [0.5, 0.6) is 0 Å². The monoisotopic (exact) mass is 283 g/mol. The van der Waals surface area contributed by atoms with E-state index in [1.807, 2.05) is 6.92 Å². The predicted octanol–water partition coefficient (Wildman–Crippen LogP) is 4.24. The standard InChI is InChI=1S/C14H15ClFNO2/c1-8(2)12-3-4-13(17(12)14(18)19)9-5-10(15)7-11(16)6-9/h5-7,12-13H,1,3-4H2,2H3,(H,18,19)/t12-,13+/m1/s1. The van der Waals surface area contributed by atoms with Gasteiger partial charge >= 0.3 is 6.09 Å². The van der Waals surface area contributed by atoms with E-state index < -0.39 is 11.9 Å². The van der Waals surface area contributed by atoms with Crippen molar-refractivity contribution >= 4 is 17.7 Å². The van der Waals surface area contributed by atoms with Gasteiger partial charge in [-0.05, 0) is 43.5 Å². The summed E-state index contributed by atoms with van der Waals surface area (Å²) in [6, 6.07) is 3.58. The summed E-state index contributed by atoms with van der Waals surface area (Å²) in [5, 5.41) is 9.64. The molecule has 1 aromatic rings. The molecule has 0 radical (unpaired) electrons. The van der Waals surface area contributed by atoms with Gasteiger partial charge in [0, 0.05) is 5.02 Å². The molecule has 1 fully saturated rings. The molecule has 0 saturated carbocycles. The highest BCUT2D eigenvalue weighted by atomic mass is 35.5. The van der Waals surface area contributed by atoms with E-state index in [1.165, 1.54) is 17.0 Å². The molecule has 1 saturated heterocycles. The normalized spacial score (nSPS) is 22.6. The second-order valence-corrected chi connectivity index (χ2v) is 5.28. The molecule has 0 spiro atoms. The van der Waals surface area contributed by atoms with E-state index in [2.05, 4.69) is 6.58 Å². The molecule has 1 N–H and O–H groups in total. The number of hydrogen-bond acceptors (Lipinski definition) is 1. The van der Waals surface area contributed by atoms with E-state index in [0.717, 1.165) is 5.57 Å². The number of carboxylic acid groups (broad SMARTS) is 1. The lowest BCUT2D eigenvalue weighted by molar-refractivity contribution is 0.128. The number of hydrogen-bond donors (Lipinski definition) is 1. The minimum Gasteiger partial charge on any atom is -0.465 e. The molecule has 0 aromatic heterocycles. The van der Waals surface area contributed by atoms with Gasteiger partial charge in [-0.15, -0.1) is 0 Å². The summed E-state index contributed by atoms with van der Waals surface area (Å²) < 4.78 is 13.4. The fraction of sp³-hybridized carbons (Fsp3) is 0.357. The quantitative estimate of drug-likeness (QED) is 0.825. The maximum absolute atomic E-state index is 13.4. The lowest BCUT2D eigenvalue weighted by atomic mass is 10.0. The third kappa shape index (κ3) is 2.73. The van der Waals surface area contributed by atoms with Gasteiger partial charge in [0.25, 0.3) is 0 Å². The van der Waals surface area contributed by atoms with E-state index in [1.54, 1.807) is 6.07 Å². The second-order valence-electron chi connectivity index (χ2n) is 4.85. The predicted molar refractivity (Wildman–Crippen MR) is 71.9 cm³/mol. The Morgan fingerprint density at radius 3 is 2.68 bits per heavy atom. The Hall–Kier alpha value is -1.55. The molecule has 19 heavy (non-hydrogen) atoms. The van der Waals surface area contributed by atoms with Crippen LogP contribution in [0.2, 0.25) is 5.02 Å². The third-order valence-corrected chi connectivity index (χ3v) is 3.66. The van der Waals surface area contributed by atoms with Crippen LogP contribution in [0.15, 0.2) is 30.4 Å². The van der Waals surface area contributed by atoms with Crippen LogP contribution in [0.25, 0.3) is 0 Å². The Balaban J connectivity index is 2.38. The zero-order chi connectivity index (χ0) is 14.2. The van der Waals surface area contributed by atoms with Gasteiger partial charge in [0.15, 0.2) is 0 Å². The summed E-state index contributed by atoms with van der Waals surface area (Å²) in [6.45, 7) is 5.63. The van der Waals surface area contributed by atoms with Gasteiger partial charge in [-0.25, -0.2) is 9.18 Å². The van der Waals surface area contributed by atoms with Crippen molar-refractivity contribution in [2.24, 2.45) is 0 Å². The fourth-order valence-electron chi connectivity index (χ4n) is 2.66.